The fourth-order valence-corrected chi connectivity index (χ4v) is 5.32. The first-order chi connectivity index (χ1) is 19.6. The van der Waals surface area contributed by atoms with E-state index >= 15 is 0 Å². The lowest BCUT2D eigenvalue weighted by atomic mass is 9.45. The molecule has 5 rings (SSSR count). The van der Waals surface area contributed by atoms with Crippen LogP contribution in [0.4, 0.5) is 4.79 Å². The molecule has 0 aromatic heterocycles. The summed E-state index contributed by atoms with van der Waals surface area (Å²) < 4.78 is 16.1. The molecule has 3 aliphatic heterocycles. The number of quaternary nitrogens is 1. The minimum absolute atomic E-state index is 0.387. The zero-order valence-electron chi connectivity index (χ0n) is 24.7. The molecule has 3 aliphatic rings. The zero-order chi connectivity index (χ0) is 29.9. The Morgan fingerprint density at radius 2 is 1.95 bits per heavy atom. The van der Waals surface area contributed by atoms with Gasteiger partial charge in [0.25, 0.3) is 0 Å². The Balaban J connectivity index is 0.000000178. The molecule has 1 atom stereocenters. The van der Waals surface area contributed by atoms with Crippen molar-refractivity contribution in [2.24, 2.45) is 10.7 Å². The van der Waals surface area contributed by atoms with Crippen molar-refractivity contribution in [3.63, 3.8) is 0 Å². The molecular weight excluding hydrogens is 522 g/mol. The molecule has 2 aromatic rings. The number of benzene rings is 2. The lowest BCUT2D eigenvalue weighted by molar-refractivity contribution is -0.530. The van der Waals surface area contributed by atoms with Crippen LogP contribution < -0.4 is 27.2 Å². The first-order valence-electron chi connectivity index (χ1n) is 14.4. The fraction of sp³-hybridized carbons (Fsp3) is 0.483. The predicted molar refractivity (Wildman–Crippen MR) is 163 cm³/mol. The summed E-state index contributed by atoms with van der Waals surface area (Å²) in [6, 6.07) is 11.8. The number of hydrogen-bond acceptors (Lipinski definition) is 8. The smallest absolute Gasteiger partial charge is 0.492 e. The molecule has 41 heavy (non-hydrogen) atoms. The van der Waals surface area contributed by atoms with E-state index < -0.39 is 25.3 Å². The first kappa shape index (κ1) is 32.5. The highest BCUT2D eigenvalue weighted by atomic mass is 16.6. The van der Waals surface area contributed by atoms with Crippen molar-refractivity contribution in [3.8, 4) is 0 Å². The van der Waals surface area contributed by atoms with Crippen LogP contribution in [0.25, 0.3) is 0 Å². The molecule has 1 amide bonds. The van der Waals surface area contributed by atoms with Crippen LogP contribution in [0, 0.1) is 0 Å². The topological polar surface area (TPSA) is 149 Å². The number of alkyl carbamates (subject to hydrolysis) is 1. The van der Waals surface area contributed by atoms with E-state index in [9.17, 15) is 14.6 Å². The number of amides is 1. The Kier molecular flexibility index (Phi) is 12.1. The van der Waals surface area contributed by atoms with Crippen LogP contribution in [0.5, 0.6) is 0 Å². The third kappa shape index (κ3) is 8.98. The molecule has 6 N–H and O–H groups in total. The van der Waals surface area contributed by atoms with Crippen LogP contribution in [-0.4, -0.2) is 69.0 Å². The monoisotopic (exact) mass is 566 g/mol. The second kappa shape index (κ2) is 15.3. The highest BCUT2D eigenvalue weighted by Crippen LogP contribution is 2.23. The summed E-state index contributed by atoms with van der Waals surface area (Å²) in [6.45, 7) is 10.9. The highest BCUT2D eigenvalue weighted by molar-refractivity contribution is 6.81. The Labute approximate surface area is 243 Å². The number of nitrogens with one attached hydrogen (secondary N) is 1. The van der Waals surface area contributed by atoms with Gasteiger partial charge in [0.15, 0.2) is 0 Å². The van der Waals surface area contributed by atoms with Crippen molar-refractivity contribution in [1.82, 2.24) is 5.32 Å². The van der Waals surface area contributed by atoms with E-state index in [1.54, 1.807) is 12.1 Å². The molecular formula is C29H44B2N4O6. The number of rotatable bonds is 6. The van der Waals surface area contributed by atoms with Crippen LogP contribution in [0.3, 0.4) is 0 Å². The number of hydrogen-bond donors (Lipinski definition) is 4. The van der Waals surface area contributed by atoms with Crippen LogP contribution in [-0.2, 0) is 27.3 Å². The molecule has 0 saturated carbocycles. The number of ether oxygens (including phenoxy) is 1. The van der Waals surface area contributed by atoms with Crippen molar-refractivity contribution in [2.45, 2.75) is 65.7 Å². The fourth-order valence-electron chi connectivity index (χ4n) is 5.32. The standard InChI is InChI=1S/C14H21BN2O.C8H7BO3.C7H16N2O2/c1-2-8-16-10-12-5-3-6-13-11-18-15(14(12)13)7-4-9-17-15;10-4-6-2-1-3-7-5-12-9(11)8(6)7;1-7(2,3)11-6(10)9-5-4-8/h3,5-6,10H,2,4,7-9,11,17H2,1H3;1-4,11H,5H2;4-5,8H2,1-3H3,(H,9,10). The van der Waals surface area contributed by atoms with Gasteiger partial charge in [0.2, 0.25) is 0 Å². The summed E-state index contributed by atoms with van der Waals surface area (Å²) in [5.74, 6) is 0. The molecule has 10 nitrogen and oxygen atoms in total. The molecule has 0 radical (unpaired) electrons. The van der Waals surface area contributed by atoms with Gasteiger partial charge in [0.1, 0.15) is 11.9 Å². The van der Waals surface area contributed by atoms with Gasteiger partial charge in [-0.25, -0.2) is 4.79 Å². The van der Waals surface area contributed by atoms with Crippen molar-refractivity contribution in [2.75, 3.05) is 26.2 Å². The quantitative estimate of drug-likeness (QED) is 0.230. The minimum atomic E-state index is -0.929. The predicted octanol–water partition coefficient (Wildman–Crippen LogP) is 0.849. The van der Waals surface area contributed by atoms with Gasteiger partial charge in [-0.1, -0.05) is 55.2 Å². The van der Waals surface area contributed by atoms with Crippen LogP contribution >= 0.6 is 0 Å². The van der Waals surface area contributed by atoms with Crippen LogP contribution in [0.1, 0.15) is 67.6 Å². The highest BCUT2D eigenvalue weighted by Gasteiger charge is 2.44. The van der Waals surface area contributed by atoms with Gasteiger partial charge in [-0.05, 0) is 50.2 Å². The number of nitrogens with zero attached hydrogens (tertiary/aromatic N) is 1. The van der Waals surface area contributed by atoms with Crippen molar-refractivity contribution < 1.29 is 33.9 Å². The molecule has 0 bridgehead atoms. The van der Waals surface area contributed by atoms with Crippen molar-refractivity contribution >= 4 is 43.1 Å². The zero-order valence-corrected chi connectivity index (χ0v) is 24.7. The Morgan fingerprint density at radius 3 is 2.59 bits per heavy atom. The third-order valence-corrected chi connectivity index (χ3v) is 7.04. The van der Waals surface area contributed by atoms with E-state index in [2.05, 4.69) is 40.7 Å². The van der Waals surface area contributed by atoms with Crippen LogP contribution in [0.15, 0.2) is 41.4 Å². The van der Waals surface area contributed by atoms with Gasteiger partial charge < -0.3 is 35.3 Å². The summed E-state index contributed by atoms with van der Waals surface area (Å²) >= 11 is 0. The van der Waals surface area contributed by atoms with Crippen molar-refractivity contribution in [1.29, 1.82) is 0 Å². The second-order valence-corrected chi connectivity index (χ2v) is 11.4. The average molecular weight is 566 g/mol. The van der Waals surface area contributed by atoms with Gasteiger partial charge in [-0.3, -0.25) is 9.79 Å². The Hall–Kier alpha value is -3.02. The number of carbonyl (C=O) groups is 2. The van der Waals surface area contributed by atoms with Gasteiger partial charge >= 0.3 is 19.7 Å². The molecule has 0 aliphatic carbocycles. The largest absolute Gasteiger partial charge is 0.532 e. The Morgan fingerprint density at radius 1 is 1.22 bits per heavy atom. The maximum absolute atomic E-state index is 10.8. The molecule has 3 heterocycles. The number of carbonyl (C=O) groups excluding carboxylic acids is 2. The van der Waals surface area contributed by atoms with E-state index in [4.69, 9.17) is 19.8 Å². The lowest BCUT2D eigenvalue weighted by Crippen LogP contribution is -3.00. The average Bonchev–Trinajstić information content (AvgIpc) is 3.68. The molecule has 2 aromatic carbocycles. The van der Waals surface area contributed by atoms with E-state index in [1.807, 2.05) is 33.1 Å². The summed E-state index contributed by atoms with van der Waals surface area (Å²) in [4.78, 5) is 25.9. The molecule has 1 fully saturated rings. The van der Waals surface area contributed by atoms with Gasteiger partial charge in [0, 0.05) is 44.6 Å². The SMILES string of the molecule is CC(C)(C)OC(=O)NCCN.CCCN=Cc1cccc2c1[B-]1(CCC[NH2+]1)OC2.O=Cc1cccc2c1B(O)OC2. The molecule has 1 saturated heterocycles. The first-order valence-corrected chi connectivity index (χ1v) is 14.4. The van der Waals surface area contributed by atoms with Gasteiger partial charge in [0.05, 0.1) is 6.61 Å². The molecule has 222 valence electrons. The summed E-state index contributed by atoms with van der Waals surface area (Å²) in [7, 11) is -0.929. The maximum atomic E-state index is 10.8. The van der Waals surface area contributed by atoms with E-state index in [-0.39, 0.29) is 0 Å². The Bertz CT molecular complexity index is 1200. The summed E-state index contributed by atoms with van der Waals surface area (Å²) in [5.41, 5.74) is 10.8. The molecule has 12 heteroatoms. The number of aldehydes is 1. The summed E-state index contributed by atoms with van der Waals surface area (Å²) in [5, 5.41) is 14.2. The minimum Gasteiger partial charge on any atom is -0.532 e. The van der Waals surface area contributed by atoms with Gasteiger partial charge in [-0.2, -0.15) is 0 Å². The van der Waals surface area contributed by atoms with Gasteiger partial charge in [-0.15, -0.1) is 5.46 Å². The molecule has 1 spiro atoms. The number of fused-ring (bicyclic) bond motifs is 3. The third-order valence-electron chi connectivity index (χ3n) is 7.04. The van der Waals surface area contributed by atoms with E-state index in [1.165, 1.54) is 35.9 Å². The lowest BCUT2D eigenvalue weighted by Gasteiger charge is -2.27. The second-order valence-electron chi connectivity index (χ2n) is 11.4. The normalized spacial score (nSPS) is 18.7. The number of aliphatic imine (C=N–C) groups is 1. The van der Waals surface area contributed by atoms with E-state index in [0.29, 0.717) is 30.7 Å². The molecule has 1 unspecified atom stereocenters. The number of nitrogens with two attached hydrogens (primary N) is 2. The van der Waals surface area contributed by atoms with Crippen molar-refractivity contribution in [3.05, 3.63) is 58.7 Å². The van der Waals surface area contributed by atoms with Crippen LogP contribution in [0.2, 0.25) is 6.32 Å². The summed E-state index contributed by atoms with van der Waals surface area (Å²) in [6.07, 6.45) is 5.92. The van der Waals surface area contributed by atoms with E-state index in [0.717, 1.165) is 31.4 Å². The maximum Gasteiger partial charge on any atom is 0.492 e.